The summed E-state index contributed by atoms with van der Waals surface area (Å²) in [5.41, 5.74) is 1.59. The summed E-state index contributed by atoms with van der Waals surface area (Å²) in [6.07, 6.45) is -1.03. The number of amides is 1. The zero-order valence-corrected chi connectivity index (χ0v) is 16.4. The van der Waals surface area contributed by atoms with Crippen LogP contribution >= 0.6 is 0 Å². The van der Waals surface area contributed by atoms with Crippen molar-refractivity contribution in [2.24, 2.45) is 0 Å². The van der Waals surface area contributed by atoms with Crippen molar-refractivity contribution in [1.82, 2.24) is 14.5 Å². The van der Waals surface area contributed by atoms with Gasteiger partial charge in [-0.15, -0.1) is 13.2 Å². The monoisotopic (exact) mass is 431 g/mol. The summed E-state index contributed by atoms with van der Waals surface area (Å²) >= 11 is 0. The molecule has 0 bridgehead atoms. The molecule has 31 heavy (non-hydrogen) atoms. The Morgan fingerprint density at radius 1 is 1.06 bits per heavy atom. The van der Waals surface area contributed by atoms with E-state index >= 15 is 0 Å². The molecular weight excluding hydrogens is 411 g/mol. The standard InChI is InChI=1S/C22H20F3N3O3/c23-22(24,25)31-19-8-4-1-5-15(19)9-10-20(29)27-13-11-16(12-14-27)28-18-7-3-2-6-17(18)26-21(28)30/h1-10,16H,11-14H2,(H,26,30)/b10-9+. The van der Waals surface area contributed by atoms with Crippen LogP contribution in [0.3, 0.4) is 0 Å². The van der Waals surface area contributed by atoms with Gasteiger partial charge in [0, 0.05) is 30.8 Å². The van der Waals surface area contributed by atoms with Gasteiger partial charge < -0.3 is 14.6 Å². The number of aromatic amines is 1. The van der Waals surface area contributed by atoms with Gasteiger partial charge in [0.25, 0.3) is 0 Å². The van der Waals surface area contributed by atoms with Gasteiger partial charge in [-0.1, -0.05) is 30.3 Å². The highest BCUT2D eigenvalue weighted by Crippen LogP contribution is 2.28. The van der Waals surface area contributed by atoms with Gasteiger partial charge in [0.05, 0.1) is 11.0 Å². The third-order valence-corrected chi connectivity index (χ3v) is 5.32. The Balaban J connectivity index is 1.42. The number of imidazole rings is 1. The molecule has 162 valence electrons. The number of rotatable bonds is 4. The number of ether oxygens (including phenoxy) is 1. The molecule has 9 heteroatoms. The molecule has 0 radical (unpaired) electrons. The SMILES string of the molecule is O=C(/C=C/c1ccccc1OC(F)(F)F)N1CCC(n2c(=O)[nH]c3ccccc32)CC1. The lowest BCUT2D eigenvalue weighted by Crippen LogP contribution is -2.39. The molecule has 1 amide bonds. The zero-order valence-electron chi connectivity index (χ0n) is 16.4. The van der Waals surface area contributed by atoms with E-state index in [1.807, 2.05) is 24.3 Å². The van der Waals surface area contributed by atoms with E-state index in [9.17, 15) is 22.8 Å². The molecule has 2 heterocycles. The summed E-state index contributed by atoms with van der Waals surface area (Å²) in [6, 6.07) is 13.1. The maximum atomic E-state index is 12.5. The van der Waals surface area contributed by atoms with E-state index in [2.05, 4.69) is 9.72 Å². The van der Waals surface area contributed by atoms with Crippen LogP contribution in [0.5, 0.6) is 5.75 Å². The Hall–Kier alpha value is -3.49. The number of hydrogen-bond donors (Lipinski definition) is 1. The average molecular weight is 431 g/mol. The number of hydrogen-bond acceptors (Lipinski definition) is 3. The molecule has 1 fully saturated rings. The summed E-state index contributed by atoms with van der Waals surface area (Å²) in [4.78, 5) is 29.4. The fraction of sp³-hybridized carbons (Fsp3) is 0.273. The van der Waals surface area contributed by atoms with Gasteiger partial charge in [0.1, 0.15) is 5.75 Å². The predicted molar refractivity (Wildman–Crippen MR) is 110 cm³/mol. The summed E-state index contributed by atoms with van der Waals surface area (Å²) in [5, 5.41) is 0. The van der Waals surface area contributed by atoms with E-state index in [1.165, 1.54) is 30.4 Å². The maximum absolute atomic E-state index is 12.5. The molecule has 0 unspecified atom stereocenters. The molecule has 0 saturated carbocycles. The second-order valence-corrected chi connectivity index (χ2v) is 7.29. The van der Waals surface area contributed by atoms with E-state index in [0.29, 0.717) is 25.9 Å². The number of halogens is 3. The van der Waals surface area contributed by atoms with Crippen LogP contribution in [0, 0.1) is 0 Å². The van der Waals surface area contributed by atoms with Gasteiger partial charge in [-0.3, -0.25) is 9.36 Å². The lowest BCUT2D eigenvalue weighted by Gasteiger charge is -2.32. The molecule has 1 aliphatic heterocycles. The molecule has 1 saturated heterocycles. The van der Waals surface area contributed by atoms with E-state index in [0.717, 1.165) is 11.0 Å². The number of piperidine rings is 1. The lowest BCUT2D eigenvalue weighted by molar-refractivity contribution is -0.274. The van der Waals surface area contributed by atoms with Crippen molar-refractivity contribution >= 4 is 23.0 Å². The van der Waals surface area contributed by atoms with E-state index < -0.39 is 6.36 Å². The number of H-pyrrole nitrogens is 1. The third kappa shape index (κ3) is 4.65. The Labute approximate surface area is 175 Å². The number of nitrogens with one attached hydrogen (secondary N) is 1. The van der Waals surface area contributed by atoms with Crippen LogP contribution in [0.2, 0.25) is 0 Å². The number of likely N-dealkylation sites (tertiary alicyclic amines) is 1. The van der Waals surface area contributed by atoms with Crippen molar-refractivity contribution in [3.05, 3.63) is 70.7 Å². The molecule has 3 aromatic rings. The first-order valence-corrected chi connectivity index (χ1v) is 9.83. The normalized spacial score (nSPS) is 15.6. The Morgan fingerprint density at radius 3 is 2.48 bits per heavy atom. The van der Waals surface area contributed by atoms with Crippen LogP contribution in [0.4, 0.5) is 13.2 Å². The Morgan fingerprint density at radius 2 is 1.74 bits per heavy atom. The zero-order chi connectivity index (χ0) is 22.0. The van der Waals surface area contributed by atoms with Crippen LogP contribution < -0.4 is 10.4 Å². The minimum atomic E-state index is -4.81. The molecular formula is C22H20F3N3O3. The lowest BCUT2D eigenvalue weighted by atomic mass is 10.0. The van der Waals surface area contributed by atoms with Crippen molar-refractivity contribution < 1.29 is 22.7 Å². The first-order chi connectivity index (χ1) is 14.8. The number of alkyl halides is 3. The smallest absolute Gasteiger partial charge is 0.405 e. The molecule has 0 spiro atoms. The van der Waals surface area contributed by atoms with Gasteiger partial charge in [-0.05, 0) is 37.1 Å². The van der Waals surface area contributed by atoms with Crippen LogP contribution in [0.25, 0.3) is 17.1 Å². The van der Waals surface area contributed by atoms with E-state index in [1.54, 1.807) is 15.5 Å². The summed E-state index contributed by atoms with van der Waals surface area (Å²) in [5.74, 6) is -0.664. The van der Waals surface area contributed by atoms with Gasteiger partial charge in [0.2, 0.25) is 5.91 Å². The summed E-state index contributed by atoms with van der Waals surface area (Å²) in [7, 11) is 0. The number of nitrogens with zero attached hydrogens (tertiary/aromatic N) is 2. The fourth-order valence-corrected chi connectivity index (χ4v) is 3.88. The van der Waals surface area contributed by atoms with Gasteiger partial charge in [-0.2, -0.15) is 0 Å². The highest BCUT2D eigenvalue weighted by Gasteiger charge is 2.32. The second-order valence-electron chi connectivity index (χ2n) is 7.29. The Kier molecular flexibility index (Phi) is 5.58. The van der Waals surface area contributed by atoms with Crippen molar-refractivity contribution in [1.29, 1.82) is 0 Å². The van der Waals surface area contributed by atoms with Crippen molar-refractivity contribution in [2.75, 3.05) is 13.1 Å². The summed E-state index contributed by atoms with van der Waals surface area (Å²) in [6.45, 7) is 0.890. The van der Waals surface area contributed by atoms with Crippen molar-refractivity contribution in [3.8, 4) is 5.75 Å². The first kappa shape index (κ1) is 20.8. The number of carbonyl (C=O) groups excluding carboxylic acids is 1. The minimum absolute atomic E-state index is 0.0300. The minimum Gasteiger partial charge on any atom is -0.405 e. The molecule has 0 atom stereocenters. The molecule has 4 rings (SSSR count). The Bertz CT molecular complexity index is 1170. The number of benzene rings is 2. The number of carbonyl (C=O) groups is 1. The van der Waals surface area contributed by atoms with Gasteiger partial charge >= 0.3 is 12.1 Å². The predicted octanol–water partition coefficient (Wildman–Crippen LogP) is 4.11. The van der Waals surface area contributed by atoms with E-state index in [-0.39, 0.29) is 29.0 Å². The van der Waals surface area contributed by atoms with Gasteiger partial charge in [-0.25, -0.2) is 4.79 Å². The average Bonchev–Trinajstić information content (AvgIpc) is 3.07. The summed E-state index contributed by atoms with van der Waals surface area (Å²) < 4.78 is 43.4. The number of aromatic nitrogens is 2. The molecule has 1 aliphatic rings. The van der Waals surface area contributed by atoms with Crippen molar-refractivity contribution in [2.45, 2.75) is 25.2 Å². The molecule has 6 nitrogen and oxygen atoms in total. The molecule has 1 aromatic heterocycles. The molecule has 1 N–H and O–H groups in total. The van der Waals surface area contributed by atoms with Crippen LogP contribution in [-0.2, 0) is 4.79 Å². The van der Waals surface area contributed by atoms with Crippen LogP contribution in [0.1, 0.15) is 24.4 Å². The van der Waals surface area contributed by atoms with Crippen molar-refractivity contribution in [3.63, 3.8) is 0 Å². The largest absolute Gasteiger partial charge is 0.573 e. The quantitative estimate of drug-likeness (QED) is 0.633. The molecule has 2 aromatic carbocycles. The van der Waals surface area contributed by atoms with Crippen LogP contribution in [0.15, 0.2) is 59.4 Å². The van der Waals surface area contributed by atoms with E-state index in [4.69, 9.17) is 0 Å². The third-order valence-electron chi connectivity index (χ3n) is 5.32. The number of fused-ring (bicyclic) bond motifs is 1. The van der Waals surface area contributed by atoms with Gasteiger partial charge in [0.15, 0.2) is 0 Å². The van der Waals surface area contributed by atoms with Crippen LogP contribution in [-0.4, -0.2) is 39.8 Å². The number of para-hydroxylation sites is 3. The highest BCUT2D eigenvalue weighted by atomic mass is 19.4. The second kappa shape index (κ2) is 8.33. The molecule has 0 aliphatic carbocycles. The fourth-order valence-electron chi connectivity index (χ4n) is 3.88. The first-order valence-electron chi connectivity index (χ1n) is 9.83. The highest BCUT2D eigenvalue weighted by molar-refractivity contribution is 5.92. The maximum Gasteiger partial charge on any atom is 0.573 e. The topological polar surface area (TPSA) is 67.3 Å².